The maximum atomic E-state index is 11.7. The molecular weight excluding hydrogens is 386 g/mol. The quantitative estimate of drug-likeness (QED) is 0.672. The number of benzene rings is 2. The molecule has 3 aromatic rings. The Morgan fingerprint density at radius 3 is 2.48 bits per heavy atom. The molecule has 0 aliphatic carbocycles. The van der Waals surface area contributed by atoms with Gasteiger partial charge in [-0.3, -0.25) is 0 Å². The van der Waals surface area contributed by atoms with E-state index in [1.165, 1.54) is 4.68 Å². The molecule has 0 bridgehead atoms. The van der Waals surface area contributed by atoms with Gasteiger partial charge in [0, 0.05) is 17.8 Å². The van der Waals surface area contributed by atoms with Crippen molar-refractivity contribution in [2.45, 2.75) is 19.4 Å². The highest BCUT2D eigenvalue weighted by molar-refractivity contribution is 9.10. The predicted molar refractivity (Wildman–Crippen MR) is 96.0 cm³/mol. The lowest BCUT2D eigenvalue weighted by molar-refractivity contribution is 0.0857. The van der Waals surface area contributed by atoms with Crippen molar-refractivity contribution in [1.82, 2.24) is 9.78 Å². The topological polar surface area (TPSA) is 69.6 Å². The van der Waals surface area contributed by atoms with E-state index in [1.807, 2.05) is 48.5 Å². The molecule has 1 aliphatic heterocycles. The van der Waals surface area contributed by atoms with Crippen molar-refractivity contribution < 1.29 is 9.25 Å². The number of oxime groups is 1. The molecule has 2 heterocycles. The van der Waals surface area contributed by atoms with Gasteiger partial charge in [-0.2, -0.15) is 4.68 Å². The van der Waals surface area contributed by atoms with Gasteiger partial charge in [-0.05, 0) is 35.4 Å². The van der Waals surface area contributed by atoms with Gasteiger partial charge in [0.2, 0.25) is 5.89 Å². The van der Waals surface area contributed by atoms with E-state index in [0.717, 1.165) is 21.3 Å². The summed E-state index contributed by atoms with van der Waals surface area (Å²) in [5.41, 5.74) is 3.57. The van der Waals surface area contributed by atoms with E-state index in [2.05, 4.69) is 26.2 Å². The van der Waals surface area contributed by atoms with E-state index in [0.29, 0.717) is 18.0 Å². The average Bonchev–Trinajstić information content (AvgIpc) is 3.22. The van der Waals surface area contributed by atoms with Gasteiger partial charge >= 0.3 is 5.76 Å². The van der Waals surface area contributed by atoms with Crippen LogP contribution in [0.25, 0.3) is 5.69 Å². The number of aryl methyl sites for hydroxylation is 1. The molecule has 2 aromatic carbocycles. The van der Waals surface area contributed by atoms with Crippen molar-refractivity contribution >= 4 is 21.6 Å². The third-order valence-corrected chi connectivity index (χ3v) is 4.53. The summed E-state index contributed by atoms with van der Waals surface area (Å²) in [6.07, 6.45) is 0.618. The van der Waals surface area contributed by atoms with Crippen LogP contribution in [-0.4, -0.2) is 15.5 Å². The molecule has 6 nitrogen and oxygen atoms in total. The van der Waals surface area contributed by atoms with Gasteiger partial charge in [-0.25, -0.2) is 4.79 Å². The second-order valence-electron chi connectivity index (χ2n) is 5.73. The summed E-state index contributed by atoms with van der Waals surface area (Å²) in [7, 11) is 0. The van der Waals surface area contributed by atoms with E-state index in [4.69, 9.17) is 9.25 Å². The van der Waals surface area contributed by atoms with Crippen LogP contribution < -0.4 is 5.76 Å². The molecule has 1 aliphatic rings. The maximum Gasteiger partial charge on any atom is 0.441 e. The largest absolute Gasteiger partial charge is 0.441 e. The molecule has 0 spiro atoms. The van der Waals surface area contributed by atoms with Crippen LogP contribution in [0.3, 0.4) is 0 Å². The molecule has 0 fully saturated rings. The van der Waals surface area contributed by atoms with Crippen LogP contribution in [0.5, 0.6) is 0 Å². The zero-order chi connectivity index (χ0) is 17.4. The van der Waals surface area contributed by atoms with Crippen molar-refractivity contribution in [3.05, 3.63) is 80.6 Å². The van der Waals surface area contributed by atoms with E-state index in [9.17, 15) is 4.79 Å². The third-order valence-electron chi connectivity index (χ3n) is 4.00. The molecule has 25 heavy (non-hydrogen) atoms. The first-order valence-electron chi connectivity index (χ1n) is 7.76. The predicted octanol–water partition coefficient (Wildman–Crippen LogP) is 3.76. The van der Waals surface area contributed by atoms with Gasteiger partial charge in [0.1, 0.15) is 0 Å². The Morgan fingerprint density at radius 1 is 1.12 bits per heavy atom. The first-order chi connectivity index (χ1) is 12.1. The standard InChI is InChI=1S/C18H14BrN3O3/c1-11-20-22(18(23)24-11)15-8-4-12(5-9-15)16-10-17(25-21-16)13-2-6-14(19)7-3-13/h2-9,17H,10H2,1H3. The van der Waals surface area contributed by atoms with Crippen LogP contribution in [0.1, 0.15) is 29.5 Å². The maximum absolute atomic E-state index is 11.7. The smallest absolute Gasteiger partial charge is 0.392 e. The molecule has 0 N–H and O–H groups in total. The number of hydrogen-bond donors (Lipinski definition) is 0. The van der Waals surface area contributed by atoms with Crippen molar-refractivity contribution in [2.24, 2.45) is 5.16 Å². The summed E-state index contributed by atoms with van der Waals surface area (Å²) >= 11 is 3.43. The molecule has 7 heteroatoms. The Kier molecular flexibility index (Phi) is 4.01. The number of hydrogen-bond acceptors (Lipinski definition) is 5. The second-order valence-corrected chi connectivity index (χ2v) is 6.65. The minimum Gasteiger partial charge on any atom is -0.392 e. The lowest BCUT2D eigenvalue weighted by Crippen LogP contribution is -2.13. The van der Waals surface area contributed by atoms with Gasteiger partial charge in [-0.15, -0.1) is 5.10 Å². The summed E-state index contributed by atoms with van der Waals surface area (Å²) in [5.74, 6) is -0.165. The zero-order valence-corrected chi connectivity index (χ0v) is 14.9. The zero-order valence-electron chi connectivity index (χ0n) is 13.3. The van der Waals surface area contributed by atoms with Crippen LogP contribution in [-0.2, 0) is 4.84 Å². The summed E-state index contributed by atoms with van der Waals surface area (Å²) < 4.78 is 7.18. The Labute approximate surface area is 151 Å². The average molecular weight is 400 g/mol. The van der Waals surface area contributed by atoms with E-state index in [-0.39, 0.29) is 6.10 Å². The molecule has 1 atom stereocenters. The SMILES string of the molecule is Cc1nn(-c2ccc(C3=NOC(c4ccc(Br)cc4)C3)cc2)c(=O)o1. The van der Waals surface area contributed by atoms with Gasteiger partial charge < -0.3 is 9.25 Å². The first-order valence-corrected chi connectivity index (χ1v) is 8.55. The lowest BCUT2D eigenvalue weighted by Gasteiger charge is -2.08. The second kappa shape index (κ2) is 6.33. The number of aromatic nitrogens is 2. The Morgan fingerprint density at radius 2 is 1.84 bits per heavy atom. The van der Waals surface area contributed by atoms with Crippen molar-refractivity contribution in [3.63, 3.8) is 0 Å². The molecule has 0 radical (unpaired) electrons. The first kappa shape index (κ1) is 15.8. The fourth-order valence-corrected chi connectivity index (χ4v) is 3.00. The van der Waals surface area contributed by atoms with Crippen molar-refractivity contribution in [2.75, 3.05) is 0 Å². The minimum absolute atomic E-state index is 0.0800. The Balaban J connectivity index is 1.52. The molecule has 4 rings (SSSR count). The van der Waals surface area contributed by atoms with Crippen LogP contribution in [0.4, 0.5) is 0 Å². The van der Waals surface area contributed by atoms with Crippen LogP contribution in [0.2, 0.25) is 0 Å². The Bertz CT molecular complexity index is 988. The number of halogens is 1. The highest BCUT2D eigenvalue weighted by Crippen LogP contribution is 2.30. The number of rotatable bonds is 3. The highest BCUT2D eigenvalue weighted by atomic mass is 79.9. The molecule has 1 aromatic heterocycles. The summed E-state index contributed by atoms with van der Waals surface area (Å²) in [6.45, 7) is 1.64. The Hall–Kier alpha value is -2.67. The normalized spacial score (nSPS) is 16.6. The summed E-state index contributed by atoms with van der Waals surface area (Å²) in [4.78, 5) is 17.3. The van der Waals surface area contributed by atoms with Gasteiger partial charge in [0.25, 0.3) is 0 Å². The molecule has 0 amide bonds. The van der Waals surface area contributed by atoms with E-state index < -0.39 is 5.76 Å². The fraction of sp³-hybridized carbons (Fsp3) is 0.167. The fourth-order valence-electron chi connectivity index (χ4n) is 2.73. The van der Waals surface area contributed by atoms with E-state index in [1.54, 1.807) is 6.92 Å². The minimum atomic E-state index is -0.498. The van der Waals surface area contributed by atoms with Gasteiger partial charge in [-0.1, -0.05) is 45.4 Å². The van der Waals surface area contributed by atoms with Crippen LogP contribution in [0, 0.1) is 6.92 Å². The molecular formula is C18H14BrN3O3. The van der Waals surface area contributed by atoms with Gasteiger partial charge in [0.05, 0.1) is 11.4 Å². The van der Waals surface area contributed by atoms with Crippen LogP contribution >= 0.6 is 15.9 Å². The highest BCUT2D eigenvalue weighted by Gasteiger charge is 2.23. The van der Waals surface area contributed by atoms with Crippen molar-refractivity contribution in [3.8, 4) is 5.69 Å². The summed E-state index contributed by atoms with van der Waals surface area (Å²) in [6, 6.07) is 15.5. The lowest BCUT2D eigenvalue weighted by atomic mass is 10.0. The summed E-state index contributed by atoms with van der Waals surface area (Å²) in [5, 5.41) is 8.26. The number of nitrogens with zero attached hydrogens (tertiary/aromatic N) is 3. The third kappa shape index (κ3) is 3.15. The van der Waals surface area contributed by atoms with Crippen molar-refractivity contribution in [1.29, 1.82) is 0 Å². The van der Waals surface area contributed by atoms with Gasteiger partial charge in [0.15, 0.2) is 6.10 Å². The molecule has 1 unspecified atom stereocenters. The van der Waals surface area contributed by atoms with Crippen LogP contribution in [0.15, 0.2) is 67.4 Å². The monoisotopic (exact) mass is 399 g/mol. The molecule has 126 valence electrons. The molecule has 0 saturated carbocycles. The molecule has 0 saturated heterocycles. The van der Waals surface area contributed by atoms with E-state index >= 15 is 0 Å².